The second-order valence-corrected chi connectivity index (χ2v) is 4.27. The minimum Gasteiger partial charge on any atom is -0.434 e. The lowest BCUT2D eigenvalue weighted by Gasteiger charge is -2.08. The van der Waals surface area contributed by atoms with Gasteiger partial charge in [-0.1, -0.05) is 0 Å². The summed E-state index contributed by atoms with van der Waals surface area (Å²) < 4.78 is 21.2. The molecule has 0 saturated carbocycles. The summed E-state index contributed by atoms with van der Waals surface area (Å²) in [5, 5.41) is 0.989. The molecule has 0 spiro atoms. The second kappa shape index (κ2) is 4.28. The first-order chi connectivity index (χ1) is 9.15. The Morgan fingerprint density at radius 2 is 2.11 bits per heavy atom. The topological polar surface area (TPSA) is 53.1 Å². The lowest BCUT2D eigenvalue weighted by molar-refractivity contribution is 0.431. The molecule has 3 aromatic rings. The zero-order chi connectivity index (χ0) is 13.4. The summed E-state index contributed by atoms with van der Waals surface area (Å²) in [5.74, 6) is -0.0305. The first-order valence-electron chi connectivity index (χ1n) is 5.78. The molecular formula is C14H12FN3O. The SMILES string of the molecule is Cn1ccc2ccnc(Oc3ccc(N)cc3F)c21. The van der Waals surface area contributed by atoms with Crippen molar-refractivity contribution < 1.29 is 9.13 Å². The second-order valence-electron chi connectivity index (χ2n) is 4.27. The fourth-order valence-electron chi connectivity index (χ4n) is 1.98. The molecule has 0 bridgehead atoms. The van der Waals surface area contributed by atoms with E-state index in [4.69, 9.17) is 10.5 Å². The predicted molar refractivity (Wildman–Crippen MR) is 71.6 cm³/mol. The molecule has 5 heteroatoms. The maximum Gasteiger partial charge on any atom is 0.244 e. The molecule has 0 amide bonds. The van der Waals surface area contributed by atoms with E-state index < -0.39 is 5.82 Å². The maximum absolute atomic E-state index is 13.7. The number of ether oxygens (including phenoxy) is 1. The number of nitrogens with two attached hydrogens (primary N) is 1. The quantitative estimate of drug-likeness (QED) is 0.718. The van der Waals surface area contributed by atoms with Crippen molar-refractivity contribution in [1.29, 1.82) is 0 Å². The number of aryl methyl sites for hydroxylation is 1. The van der Waals surface area contributed by atoms with E-state index in [0.717, 1.165) is 10.9 Å². The molecule has 0 aliphatic carbocycles. The first-order valence-corrected chi connectivity index (χ1v) is 5.78. The maximum atomic E-state index is 13.7. The summed E-state index contributed by atoms with van der Waals surface area (Å²) >= 11 is 0. The Morgan fingerprint density at radius 3 is 2.89 bits per heavy atom. The molecule has 1 aromatic carbocycles. The fraction of sp³-hybridized carbons (Fsp3) is 0.0714. The van der Waals surface area contributed by atoms with Gasteiger partial charge in [0.2, 0.25) is 5.88 Å². The highest BCUT2D eigenvalue weighted by atomic mass is 19.1. The van der Waals surface area contributed by atoms with Crippen LogP contribution in [-0.4, -0.2) is 9.55 Å². The third-order valence-electron chi connectivity index (χ3n) is 2.91. The number of nitrogens with zero attached hydrogens (tertiary/aromatic N) is 2. The number of aromatic nitrogens is 2. The number of anilines is 1. The summed E-state index contributed by atoms with van der Waals surface area (Å²) in [5.41, 5.74) is 6.68. The molecule has 2 N–H and O–H groups in total. The van der Waals surface area contributed by atoms with Crippen molar-refractivity contribution in [2.24, 2.45) is 7.05 Å². The van der Waals surface area contributed by atoms with E-state index >= 15 is 0 Å². The van der Waals surface area contributed by atoms with Gasteiger partial charge in [-0.25, -0.2) is 9.37 Å². The molecule has 0 aliphatic rings. The normalized spacial score (nSPS) is 10.8. The van der Waals surface area contributed by atoms with Crippen molar-refractivity contribution in [2.75, 3.05) is 5.73 Å². The molecule has 0 radical (unpaired) electrons. The van der Waals surface area contributed by atoms with Crippen molar-refractivity contribution in [3.63, 3.8) is 0 Å². The number of pyridine rings is 1. The van der Waals surface area contributed by atoms with E-state index in [2.05, 4.69) is 4.98 Å². The van der Waals surface area contributed by atoms with E-state index in [1.807, 2.05) is 29.9 Å². The summed E-state index contributed by atoms with van der Waals surface area (Å²) in [4.78, 5) is 4.16. The van der Waals surface area contributed by atoms with Gasteiger partial charge in [0.1, 0.15) is 5.52 Å². The summed E-state index contributed by atoms with van der Waals surface area (Å²) in [6.07, 6.45) is 3.53. The van der Waals surface area contributed by atoms with Gasteiger partial charge in [-0.3, -0.25) is 0 Å². The van der Waals surface area contributed by atoms with Crippen LogP contribution in [0.5, 0.6) is 11.6 Å². The standard InChI is InChI=1S/C14H12FN3O/c1-18-7-5-9-4-6-17-14(13(9)18)19-12-3-2-10(16)8-11(12)15/h2-8H,16H2,1H3. The number of rotatable bonds is 2. The van der Waals surface area contributed by atoms with Crippen molar-refractivity contribution >= 4 is 16.6 Å². The van der Waals surface area contributed by atoms with Gasteiger partial charge in [0.05, 0.1) is 0 Å². The van der Waals surface area contributed by atoms with Gasteiger partial charge in [0, 0.05) is 36.6 Å². The molecule has 19 heavy (non-hydrogen) atoms. The van der Waals surface area contributed by atoms with Crippen LogP contribution in [0, 0.1) is 5.82 Å². The molecule has 0 fully saturated rings. The van der Waals surface area contributed by atoms with Gasteiger partial charge >= 0.3 is 0 Å². The first kappa shape index (κ1) is 11.5. The van der Waals surface area contributed by atoms with Crippen LogP contribution >= 0.6 is 0 Å². The zero-order valence-corrected chi connectivity index (χ0v) is 10.3. The Labute approximate surface area is 109 Å². The van der Waals surface area contributed by atoms with Gasteiger partial charge < -0.3 is 15.0 Å². The third-order valence-corrected chi connectivity index (χ3v) is 2.91. The Bertz CT molecular complexity index is 752. The molecule has 4 nitrogen and oxygen atoms in total. The van der Waals surface area contributed by atoms with Crippen LogP contribution in [0.3, 0.4) is 0 Å². The minimum absolute atomic E-state index is 0.107. The van der Waals surface area contributed by atoms with Crippen LogP contribution in [-0.2, 0) is 7.05 Å². The molecule has 3 rings (SSSR count). The molecule has 0 aliphatic heterocycles. The van der Waals surface area contributed by atoms with Gasteiger partial charge in [0.25, 0.3) is 0 Å². The van der Waals surface area contributed by atoms with Crippen molar-refractivity contribution in [3.8, 4) is 11.6 Å². The Balaban J connectivity index is 2.08. The lowest BCUT2D eigenvalue weighted by atomic mass is 10.3. The van der Waals surface area contributed by atoms with E-state index in [0.29, 0.717) is 11.6 Å². The van der Waals surface area contributed by atoms with Crippen LogP contribution in [0.4, 0.5) is 10.1 Å². The number of fused-ring (bicyclic) bond motifs is 1. The number of hydrogen-bond donors (Lipinski definition) is 1. The lowest BCUT2D eigenvalue weighted by Crippen LogP contribution is -1.95. The summed E-state index contributed by atoms with van der Waals surface area (Å²) in [6.45, 7) is 0. The van der Waals surface area contributed by atoms with E-state index in [1.165, 1.54) is 12.1 Å². The number of hydrogen-bond acceptors (Lipinski definition) is 3. The van der Waals surface area contributed by atoms with Gasteiger partial charge in [-0.05, 0) is 24.3 Å². The van der Waals surface area contributed by atoms with Gasteiger partial charge in [-0.15, -0.1) is 0 Å². The van der Waals surface area contributed by atoms with Crippen LogP contribution in [0.15, 0.2) is 42.7 Å². The fourth-order valence-corrected chi connectivity index (χ4v) is 1.98. The molecule has 96 valence electrons. The highest BCUT2D eigenvalue weighted by molar-refractivity contribution is 5.84. The Hall–Kier alpha value is -2.56. The average molecular weight is 257 g/mol. The smallest absolute Gasteiger partial charge is 0.244 e. The number of nitrogen functional groups attached to an aromatic ring is 1. The average Bonchev–Trinajstić information content (AvgIpc) is 2.76. The van der Waals surface area contributed by atoms with Crippen LogP contribution in [0.25, 0.3) is 10.9 Å². The zero-order valence-electron chi connectivity index (χ0n) is 10.3. The minimum atomic E-state index is -0.506. The summed E-state index contributed by atoms with van der Waals surface area (Å²) in [7, 11) is 1.89. The monoisotopic (exact) mass is 257 g/mol. The predicted octanol–water partition coefficient (Wildman–Crippen LogP) is 3.09. The van der Waals surface area contributed by atoms with Gasteiger partial charge in [-0.2, -0.15) is 0 Å². The van der Waals surface area contributed by atoms with Crippen LogP contribution < -0.4 is 10.5 Å². The van der Waals surface area contributed by atoms with Crippen molar-refractivity contribution in [2.45, 2.75) is 0 Å². The van der Waals surface area contributed by atoms with Crippen molar-refractivity contribution in [3.05, 3.63) is 48.5 Å². The van der Waals surface area contributed by atoms with Gasteiger partial charge in [0.15, 0.2) is 11.6 Å². The summed E-state index contributed by atoms with van der Waals surface area (Å²) in [6, 6.07) is 8.13. The largest absolute Gasteiger partial charge is 0.434 e. The van der Waals surface area contributed by atoms with E-state index in [9.17, 15) is 4.39 Å². The van der Waals surface area contributed by atoms with E-state index in [1.54, 1.807) is 12.3 Å². The Kier molecular flexibility index (Phi) is 2.59. The van der Waals surface area contributed by atoms with Crippen LogP contribution in [0.1, 0.15) is 0 Å². The molecule has 0 atom stereocenters. The third kappa shape index (κ3) is 1.99. The Morgan fingerprint density at radius 1 is 1.26 bits per heavy atom. The van der Waals surface area contributed by atoms with Crippen molar-refractivity contribution in [1.82, 2.24) is 9.55 Å². The molecule has 0 unspecified atom stereocenters. The number of halogens is 1. The number of benzene rings is 1. The highest BCUT2D eigenvalue weighted by Crippen LogP contribution is 2.30. The molecule has 0 saturated heterocycles. The molecule has 2 heterocycles. The molecule has 2 aromatic heterocycles. The van der Waals surface area contributed by atoms with E-state index in [-0.39, 0.29) is 5.75 Å². The molecular weight excluding hydrogens is 245 g/mol. The highest BCUT2D eigenvalue weighted by Gasteiger charge is 2.11. The van der Waals surface area contributed by atoms with Crippen LogP contribution in [0.2, 0.25) is 0 Å².